The van der Waals surface area contributed by atoms with Crippen molar-refractivity contribution in [2.45, 2.75) is 13.5 Å². The molecule has 0 unspecified atom stereocenters. The van der Waals surface area contributed by atoms with Crippen LogP contribution in [0.4, 0.5) is 4.39 Å². The summed E-state index contributed by atoms with van der Waals surface area (Å²) in [5.74, 6) is 0.232. The predicted octanol–water partition coefficient (Wildman–Crippen LogP) is 1.61. The first-order chi connectivity index (χ1) is 7.66. The van der Waals surface area contributed by atoms with E-state index in [1.807, 2.05) is 0 Å². The van der Waals surface area contributed by atoms with Gasteiger partial charge in [0, 0.05) is 5.56 Å². The van der Waals surface area contributed by atoms with Crippen molar-refractivity contribution < 1.29 is 9.18 Å². The maximum atomic E-state index is 12.7. The third-order valence-electron chi connectivity index (χ3n) is 2.29. The molecule has 4 nitrogen and oxygen atoms in total. The van der Waals surface area contributed by atoms with Gasteiger partial charge in [-0.15, -0.1) is 10.2 Å². The highest BCUT2D eigenvalue weighted by molar-refractivity contribution is 5.95. The number of aromatic nitrogens is 3. The summed E-state index contributed by atoms with van der Waals surface area (Å²) in [5.41, 5.74) is 0.481. The summed E-state index contributed by atoms with van der Waals surface area (Å²) in [6.07, 6.45) is 1.50. The largest absolute Gasteiger partial charge is 0.310 e. The number of Topliss-reactive ketones (excluding diaryl/α,β-unsaturated/α-hetero) is 1. The molecule has 0 bridgehead atoms. The topological polar surface area (TPSA) is 47.8 Å². The Morgan fingerprint density at radius 2 is 2.06 bits per heavy atom. The Morgan fingerprint density at radius 3 is 2.62 bits per heavy atom. The third kappa shape index (κ3) is 2.13. The van der Waals surface area contributed by atoms with Crippen molar-refractivity contribution in [1.29, 1.82) is 0 Å². The zero-order valence-electron chi connectivity index (χ0n) is 8.72. The lowest BCUT2D eigenvalue weighted by molar-refractivity contribution is 0.0971. The Bertz CT molecular complexity index is 504. The van der Waals surface area contributed by atoms with E-state index in [1.165, 1.54) is 30.6 Å². The maximum absolute atomic E-state index is 12.7. The lowest BCUT2D eigenvalue weighted by atomic mass is 10.1. The average Bonchev–Trinajstić information content (AvgIpc) is 2.65. The smallest absolute Gasteiger partial charge is 0.182 e. The highest BCUT2D eigenvalue weighted by atomic mass is 19.1. The van der Waals surface area contributed by atoms with Gasteiger partial charge in [0.05, 0.1) is 6.54 Å². The van der Waals surface area contributed by atoms with Crippen molar-refractivity contribution in [3.05, 3.63) is 47.8 Å². The van der Waals surface area contributed by atoms with Crippen LogP contribution in [0.2, 0.25) is 0 Å². The second-order valence-corrected chi connectivity index (χ2v) is 3.44. The molecule has 1 heterocycles. The molecule has 5 heteroatoms. The van der Waals surface area contributed by atoms with E-state index in [0.29, 0.717) is 11.4 Å². The van der Waals surface area contributed by atoms with E-state index in [4.69, 9.17) is 0 Å². The molecule has 0 amide bonds. The fourth-order valence-corrected chi connectivity index (χ4v) is 1.35. The minimum absolute atomic E-state index is 0.0945. The number of carbonyl (C=O) groups is 1. The van der Waals surface area contributed by atoms with Crippen molar-refractivity contribution in [3.63, 3.8) is 0 Å². The standard InChI is InChI=1S/C11H10FN3O/c1-8-14-13-7-15(8)6-11(16)9-2-4-10(12)5-3-9/h2-5,7H,6H2,1H3. The first-order valence-electron chi connectivity index (χ1n) is 4.80. The molecule has 16 heavy (non-hydrogen) atoms. The van der Waals surface area contributed by atoms with Crippen LogP contribution in [0, 0.1) is 12.7 Å². The number of benzene rings is 1. The lowest BCUT2D eigenvalue weighted by Crippen LogP contribution is -2.11. The van der Waals surface area contributed by atoms with Crippen LogP contribution in [0.25, 0.3) is 0 Å². The molecule has 0 atom stereocenters. The SMILES string of the molecule is Cc1nncn1CC(=O)c1ccc(F)cc1. The van der Waals surface area contributed by atoms with E-state index in [1.54, 1.807) is 11.5 Å². The van der Waals surface area contributed by atoms with Gasteiger partial charge >= 0.3 is 0 Å². The molecule has 0 spiro atoms. The Morgan fingerprint density at radius 1 is 1.38 bits per heavy atom. The first kappa shape index (κ1) is 10.5. The van der Waals surface area contributed by atoms with Gasteiger partial charge < -0.3 is 4.57 Å². The van der Waals surface area contributed by atoms with Crippen LogP contribution in [-0.4, -0.2) is 20.5 Å². The zero-order valence-corrected chi connectivity index (χ0v) is 8.72. The maximum Gasteiger partial charge on any atom is 0.182 e. The molecule has 1 aromatic carbocycles. The quantitative estimate of drug-likeness (QED) is 0.737. The van der Waals surface area contributed by atoms with Crippen molar-refractivity contribution in [1.82, 2.24) is 14.8 Å². The zero-order chi connectivity index (χ0) is 11.5. The van der Waals surface area contributed by atoms with E-state index >= 15 is 0 Å². The van der Waals surface area contributed by atoms with Crippen molar-refractivity contribution >= 4 is 5.78 Å². The van der Waals surface area contributed by atoms with Gasteiger partial charge in [-0.25, -0.2) is 4.39 Å². The van der Waals surface area contributed by atoms with Crippen LogP contribution in [0.15, 0.2) is 30.6 Å². The van der Waals surface area contributed by atoms with E-state index in [-0.39, 0.29) is 18.1 Å². The molecule has 0 aliphatic carbocycles. The van der Waals surface area contributed by atoms with Gasteiger partial charge in [0.1, 0.15) is 18.0 Å². The van der Waals surface area contributed by atoms with E-state index in [0.717, 1.165) is 0 Å². The first-order valence-corrected chi connectivity index (χ1v) is 4.80. The molecule has 0 aliphatic rings. The number of ketones is 1. The van der Waals surface area contributed by atoms with E-state index < -0.39 is 0 Å². The van der Waals surface area contributed by atoms with Gasteiger partial charge in [0.25, 0.3) is 0 Å². The highest BCUT2D eigenvalue weighted by Crippen LogP contribution is 2.05. The van der Waals surface area contributed by atoms with Crippen LogP contribution in [0.1, 0.15) is 16.2 Å². The van der Waals surface area contributed by atoms with Crippen molar-refractivity contribution in [3.8, 4) is 0 Å². The summed E-state index contributed by atoms with van der Waals surface area (Å²) in [5, 5.41) is 7.46. The van der Waals surface area contributed by atoms with Crippen LogP contribution < -0.4 is 0 Å². The van der Waals surface area contributed by atoms with E-state index in [2.05, 4.69) is 10.2 Å². The Balaban J connectivity index is 2.15. The summed E-state index contributed by atoms with van der Waals surface area (Å²) < 4.78 is 14.3. The number of carbonyl (C=O) groups excluding carboxylic acids is 1. The molecule has 82 valence electrons. The van der Waals surface area contributed by atoms with Gasteiger partial charge in [-0.2, -0.15) is 0 Å². The Hall–Kier alpha value is -2.04. The number of nitrogens with zero attached hydrogens (tertiary/aromatic N) is 3. The molecular formula is C11H10FN3O. The molecule has 2 rings (SSSR count). The summed E-state index contributed by atoms with van der Waals surface area (Å²) in [4.78, 5) is 11.8. The van der Waals surface area contributed by atoms with Gasteiger partial charge in [0.2, 0.25) is 0 Å². The van der Waals surface area contributed by atoms with Crippen LogP contribution in [0.5, 0.6) is 0 Å². The van der Waals surface area contributed by atoms with Crippen LogP contribution >= 0.6 is 0 Å². The average molecular weight is 219 g/mol. The fraction of sp³-hybridized carbons (Fsp3) is 0.182. The molecule has 0 radical (unpaired) electrons. The monoisotopic (exact) mass is 219 g/mol. The summed E-state index contributed by atoms with van der Waals surface area (Å²) in [7, 11) is 0. The minimum Gasteiger partial charge on any atom is -0.310 e. The number of hydrogen-bond acceptors (Lipinski definition) is 3. The van der Waals surface area contributed by atoms with Gasteiger partial charge in [0.15, 0.2) is 5.78 Å². The molecule has 0 N–H and O–H groups in total. The van der Waals surface area contributed by atoms with E-state index in [9.17, 15) is 9.18 Å². The molecule has 2 aromatic rings. The molecule has 1 aromatic heterocycles. The Kier molecular flexibility index (Phi) is 2.76. The molecule has 0 saturated carbocycles. The number of aryl methyl sites for hydroxylation is 1. The summed E-state index contributed by atoms with van der Waals surface area (Å²) in [6, 6.07) is 5.48. The fourth-order valence-electron chi connectivity index (χ4n) is 1.35. The minimum atomic E-state index is -0.350. The van der Waals surface area contributed by atoms with Gasteiger partial charge in [-0.1, -0.05) is 0 Å². The summed E-state index contributed by atoms with van der Waals surface area (Å²) in [6.45, 7) is 1.94. The van der Waals surface area contributed by atoms with Crippen LogP contribution in [-0.2, 0) is 6.54 Å². The lowest BCUT2D eigenvalue weighted by Gasteiger charge is -2.03. The third-order valence-corrected chi connectivity index (χ3v) is 2.29. The number of halogens is 1. The van der Waals surface area contributed by atoms with Crippen molar-refractivity contribution in [2.75, 3.05) is 0 Å². The molecular weight excluding hydrogens is 209 g/mol. The molecule has 0 saturated heterocycles. The van der Waals surface area contributed by atoms with Gasteiger partial charge in [-0.05, 0) is 31.2 Å². The van der Waals surface area contributed by atoms with Gasteiger partial charge in [-0.3, -0.25) is 4.79 Å². The highest BCUT2D eigenvalue weighted by Gasteiger charge is 2.08. The normalized spacial score (nSPS) is 10.4. The number of rotatable bonds is 3. The second kappa shape index (κ2) is 4.22. The molecule has 0 aliphatic heterocycles. The number of hydrogen-bond donors (Lipinski definition) is 0. The predicted molar refractivity (Wildman–Crippen MR) is 55.5 cm³/mol. The van der Waals surface area contributed by atoms with Crippen molar-refractivity contribution in [2.24, 2.45) is 0 Å². The second-order valence-electron chi connectivity index (χ2n) is 3.44. The summed E-state index contributed by atoms with van der Waals surface area (Å²) >= 11 is 0. The molecule has 0 fully saturated rings. The van der Waals surface area contributed by atoms with Crippen LogP contribution in [0.3, 0.4) is 0 Å². The Labute approximate surface area is 91.7 Å².